The van der Waals surface area contributed by atoms with Gasteiger partial charge in [-0.05, 0) is 38.2 Å². The Bertz CT molecular complexity index is 664. The first kappa shape index (κ1) is 18.7. The number of nitrogens with one attached hydrogen (secondary N) is 1. The molecule has 2 atom stereocenters. The van der Waals surface area contributed by atoms with E-state index in [0.29, 0.717) is 13.1 Å². The Labute approximate surface area is 156 Å². The number of rotatable bonds is 5. The Balaban J connectivity index is 1.80. The van der Waals surface area contributed by atoms with Gasteiger partial charge in [-0.25, -0.2) is 0 Å². The second-order valence-corrected chi connectivity index (χ2v) is 7.71. The van der Waals surface area contributed by atoms with Gasteiger partial charge in [0.05, 0.1) is 12.0 Å². The van der Waals surface area contributed by atoms with Gasteiger partial charge in [0.1, 0.15) is 0 Å². The lowest BCUT2D eigenvalue weighted by Crippen LogP contribution is -2.48. The van der Waals surface area contributed by atoms with Crippen LogP contribution in [0.5, 0.6) is 0 Å². The van der Waals surface area contributed by atoms with E-state index in [9.17, 15) is 9.59 Å². The Morgan fingerprint density at radius 3 is 2.65 bits per heavy atom. The Morgan fingerprint density at radius 1 is 1.19 bits per heavy atom. The molecule has 0 spiro atoms. The molecule has 0 unspecified atom stereocenters. The van der Waals surface area contributed by atoms with E-state index in [1.165, 1.54) is 11.1 Å². The second kappa shape index (κ2) is 8.52. The molecule has 0 radical (unpaired) electrons. The molecule has 1 aliphatic carbocycles. The van der Waals surface area contributed by atoms with Crippen molar-refractivity contribution < 1.29 is 9.59 Å². The van der Waals surface area contributed by atoms with Crippen LogP contribution >= 0.6 is 0 Å². The van der Waals surface area contributed by atoms with E-state index in [-0.39, 0.29) is 29.7 Å². The Hall–Kier alpha value is -2.10. The van der Waals surface area contributed by atoms with Crippen LogP contribution in [0.4, 0.5) is 0 Å². The van der Waals surface area contributed by atoms with Crippen LogP contribution in [0.2, 0.25) is 0 Å². The predicted octanol–water partition coefficient (Wildman–Crippen LogP) is 3.77. The van der Waals surface area contributed by atoms with Crippen LogP contribution in [0.15, 0.2) is 36.9 Å². The van der Waals surface area contributed by atoms with E-state index in [2.05, 4.69) is 43.1 Å². The van der Waals surface area contributed by atoms with Crippen molar-refractivity contribution in [3.8, 4) is 0 Å². The average molecular weight is 354 g/mol. The molecule has 1 saturated heterocycles. The highest BCUT2D eigenvalue weighted by atomic mass is 16.2. The van der Waals surface area contributed by atoms with Crippen LogP contribution in [0.1, 0.15) is 55.7 Å². The molecule has 4 heteroatoms. The maximum atomic E-state index is 13.2. The zero-order chi connectivity index (χ0) is 18.5. The van der Waals surface area contributed by atoms with Crippen molar-refractivity contribution in [2.24, 2.45) is 11.8 Å². The topological polar surface area (TPSA) is 49.4 Å². The molecule has 1 aromatic carbocycles. The molecule has 2 amide bonds. The van der Waals surface area contributed by atoms with Crippen molar-refractivity contribution in [2.45, 2.75) is 51.5 Å². The summed E-state index contributed by atoms with van der Waals surface area (Å²) in [5.74, 6) is 0.297. The van der Waals surface area contributed by atoms with E-state index in [1.54, 1.807) is 6.08 Å². The lowest BCUT2D eigenvalue weighted by Gasteiger charge is -2.41. The number of amides is 2. The molecule has 2 aliphatic rings. The summed E-state index contributed by atoms with van der Waals surface area (Å²) in [7, 11) is 0. The molecule has 1 N–H and O–H groups in total. The van der Waals surface area contributed by atoms with Crippen molar-refractivity contribution in [3.63, 3.8) is 0 Å². The van der Waals surface area contributed by atoms with Gasteiger partial charge in [0.2, 0.25) is 11.8 Å². The molecule has 1 aliphatic heterocycles. The average Bonchev–Trinajstić information content (AvgIpc) is 3.19. The van der Waals surface area contributed by atoms with Gasteiger partial charge in [-0.3, -0.25) is 9.59 Å². The van der Waals surface area contributed by atoms with Crippen molar-refractivity contribution in [2.75, 3.05) is 13.1 Å². The standard InChI is InChI=1S/C22H30N2O2/c1-3-13-23-21(25)19-11-12-20(18-10-6-7-16(2)14-18)24(15-19)22(26)17-8-4-5-9-17/h3,6-7,10,14,17,19-20H,1,4-5,8-9,11-13,15H2,2H3,(H,23,25)/t19-,20-/m0/s1. The summed E-state index contributed by atoms with van der Waals surface area (Å²) in [5, 5.41) is 2.90. The lowest BCUT2D eigenvalue weighted by molar-refractivity contribution is -0.142. The van der Waals surface area contributed by atoms with E-state index >= 15 is 0 Å². The molecule has 0 bridgehead atoms. The third kappa shape index (κ3) is 4.17. The molecular formula is C22H30N2O2. The van der Waals surface area contributed by atoms with Crippen LogP contribution in [-0.4, -0.2) is 29.8 Å². The molecule has 26 heavy (non-hydrogen) atoms. The third-order valence-corrected chi connectivity index (χ3v) is 5.79. The third-order valence-electron chi connectivity index (χ3n) is 5.79. The maximum Gasteiger partial charge on any atom is 0.226 e. The summed E-state index contributed by atoms with van der Waals surface area (Å²) < 4.78 is 0. The van der Waals surface area contributed by atoms with Gasteiger partial charge >= 0.3 is 0 Å². The molecule has 1 aromatic rings. The monoisotopic (exact) mass is 354 g/mol. The van der Waals surface area contributed by atoms with Crippen molar-refractivity contribution >= 4 is 11.8 Å². The number of hydrogen-bond donors (Lipinski definition) is 1. The summed E-state index contributed by atoms with van der Waals surface area (Å²) in [6, 6.07) is 8.53. The fourth-order valence-electron chi connectivity index (χ4n) is 4.38. The van der Waals surface area contributed by atoms with E-state index < -0.39 is 0 Å². The number of benzene rings is 1. The van der Waals surface area contributed by atoms with E-state index in [4.69, 9.17) is 0 Å². The molecule has 3 rings (SSSR count). The minimum Gasteiger partial charge on any atom is -0.352 e. The molecule has 0 aromatic heterocycles. The highest BCUT2D eigenvalue weighted by molar-refractivity contribution is 5.83. The van der Waals surface area contributed by atoms with E-state index in [1.807, 2.05) is 4.90 Å². The van der Waals surface area contributed by atoms with Gasteiger partial charge in [-0.1, -0.05) is 48.7 Å². The summed E-state index contributed by atoms with van der Waals surface area (Å²) in [5.41, 5.74) is 2.41. The largest absolute Gasteiger partial charge is 0.352 e. The quantitative estimate of drug-likeness (QED) is 0.819. The van der Waals surface area contributed by atoms with Crippen LogP contribution in [0, 0.1) is 18.8 Å². The SMILES string of the molecule is C=CCNC(=O)[C@H]1CC[C@@H](c2cccc(C)c2)N(C(=O)C2CCCC2)C1. The van der Waals surface area contributed by atoms with Gasteiger partial charge < -0.3 is 10.2 Å². The first-order chi connectivity index (χ1) is 12.6. The van der Waals surface area contributed by atoms with Crippen molar-refractivity contribution in [1.82, 2.24) is 10.2 Å². The second-order valence-electron chi connectivity index (χ2n) is 7.71. The first-order valence-electron chi connectivity index (χ1n) is 9.85. The Kier molecular flexibility index (Phi) is 6.12. The lowest BCUT2D eigenvalue weighted by atomic mass is 9.86. The van der Waals surface area contributed by atoms with Gasteiger partial charge in [0, 0.05) is 19.0 Å². The number of likely N-dealkylation sites (tertiary alicyclic amines) is 1. The van der Waals surface area contributed by atoms with Gasteiger partial charge in [-0.15, -0.1) is 6.58 Å². The molecular weight excluding hydrogens is 324 g/mol. The molecule has 4 nitrogen and oxygen atoms in total. The molecule has 2 fully saturated rings. The molecule has 140 valence electrons. The van der Waals surface area contributed by atoms with Crippen molar-refractivity contribution in [3.05, 3.63) is 48.0 Å². The summed E-state index contributed by atoms with van der Waals surface area (Å²) in [6.07, 6.45) is 7.61. The van der Waals surface area contributed by atoms with Crippen molar-refractivity contribution in [1.29, 1.82) is 0 Å². The van der Waals surface area contributed by atoms with Crippen LogP contribution in [-0.2, 0) is 9.59 Å². The Morgan fingerprint density at radius 2 is 1.96 bits per heavy atom. The number of nitrogens with zero attached hydrogens (tertiary/aromatic N) is 1. The minimum absolute atomic E-state index is 0.0387. The van der Waals surface area contributed by atoms with E-state index in [0.717, 1.165) is 38.5 Å². The highest BCUT2D eigenvalue weighted by Crippen LogP contribution is 2.37. The minimum atomic E-state index is -0.124. The maximum absolute atomic E-state index is 13.2. The summed E-state index contributed by atoms with van der Waals surface area (Å²) in [6.45, 7) is 6.74. The van der Waals surface area contributed by atoms with Gasteiger partial charge in [-0.2, -0.15) is 0 Å². The van der Waals surface area contributed by atoms with Crippen LogP contribution in [0.3, 0.4) is 0 Å². The fourth-order valence-corrected chi connectivity index (χ4v) is 4.38. The zero-order valence-electron chi connectivity index (χ0n) is 15.7. The van der Waals surface area contributed by atoms with Crippen LogP contribution < -0.4 is 5.32 Å². The molecule has 1 heterocycles. The fraction of sp³-hybridized carbons (Fsp3) is 0.545. The highest BCUT2D eigenvalue weighted by Gasteiger charge is 2.38. The van der Waals surface area contributed by atoms with Gasteiger partial charge in [0.15, 0.2) is 0 Å². The number of piperidine rings is 1. The first-order valence-corrected chi connectivity index (χ1v) is 9.85. The summed E-state index contributed by atoms with van der Waals surface area (Å²) in [4.78, 5) is 27.7. The normalized spacial score (nSPS) is 23.7. The number of hydrogen-bond acceptors (Lipinski definition) is 2. The van der Waals surface area contributed by atoms with Gasteiger partial charge in [0.25, 0.3) is 0 Å². The predicted molar refractivity (Wildman–Crippen MR) is 104 cm³/mol. The number of aryl methyl sites for hydroxylation is 1. The smallest absolute Gasteiger partial charge is 0.226 e. The number of carbonyl (C=O) groups is 2. The molecule has 1 saturated carbocycles. The summed E-state index contributed by atoms with van der Waals surface area (Å²) >= 11 is 0. The van der Waals surface area contributed by atoms with Crippen LogP contribution in [0.25, 0.3) is 0 Å². The zero-order valence-corrected chi connectivity index (χ0v) is 15.7. The number of carbonyl (C=O) groups excluding carboxylic acids is 2.